The molecule has 4 saturated carbocycles. The number of hydrogen-bond donors (Lipinski definition) is 3. The van der Waals surface area contributed by atoms with Gasteiger partial charge in [0.2, 0.25) is 11.8 Å². The van der Waals surface area contributed by atoms with Gasteiger partial charge >= 0.3 is 0 Å². The number of nitrogens with one attached hydrogen (secondary N) is 2. The first-order chi connectivity index (χ1) is 14.8. The lowest BCUT2D eigenvalue weighted by molar-refractivity contribution is -0.134. The van der Waals surface area contributed by atoms with E-state index in [9.17, 15) is 13.6 Å². The fourth-order valence-corrected chi connectivity index (χ4v) is 6.00. The number of imidazole rings is 1. The summed E-state index contributed by atoms with van der Waals surface area (Å²) in [6.07, 6.45) is 5.83. The van der Waals surface area contributed by atoms with Gasteiger partial charge in [0.05, 0.1) is 23.1 Å². The van der Waals surface area contributed by atoms with Crippen molar-refractivity contribution in [3.8, 4) is 0 Å². The average molecular weight is 429 g/mol. The van der Waals surface area contributed by atoms with Gasteiger partial charge in [-0.1, -0.05) is 6.07 Å². The molecule has 4 aliphatic rings. The molecular formula is C24H30F2N4O. The van der Waals surface area contributed by atoms with Gasteiger partial charge in [-0.2, -0.15) is 0 Å². The molecule has 1 amide bonds. The molecule has 166 valence electrons. The van der Waals surface area contributed by atoms with E-state index in [-0.39, 0.29) is 43.2 Å². The van der Waals surface area contributed by atoms with E-state index in [2.05, 4.69) is 16.4 Å². The van der Waals surface area contributed by atoms with Crippen LogP contribution >= 0.6 is 0 Å². The van der Waals surface area contributed by atoms with Crippen LogP contribution in [0, 0.1) is 29.6 Å². The predicted octanol–water partition coefficient (Wildman–Crippen LogP) is 4.61. The minimum absolute atomic E-state index is 0.0526. The van der Waals surface area contributed by atoms with Gasteiger partial charge < -0.3 is 16.0 Å². The van der Waals surface area contributed by atoms with Gasteiger partial charge in [0.15, 0.2) is 0 Å². The second-order valence-corrected chi connectivity index (χ2v) is 10.6. The first kappa shape index (κ1) is 19.6. The van der Waals surface area contributed by atoms with Gasteiger partial charge in [-0.15, -0.1) is 0 Å². The highest BCUT2D eigenvalue weighted by Crippen LogP contribution is 2.56. The molecule has 0 radical (unpaired) electrons. The van der Waals surface area contributed by atoms with Gasteiger partial charge in [-0.3, -0.25) is 4.79 Å². The van der Waals surface area contributed by atoms with Crippen LogP contribution in [0.15, 0.2) is 18.2 Å². The minimum atomic E-state index is -2.58. The monoisotopic (exact) mass is 428 g/mol. The van der Waals surface area contributed by atoms with E-state index in [0.29, 0.717) is 11.8 Å². The van der Waals surface area contributed by atoms with Crippen molar-refractivity contribution in [2.45, 2.75) is 69.4 Å². The predicted molar refractivity (Wildman–Crippen MR) is 113 cm³/mol. The maximum absolute atomic E-state index is 13.1. The van der Waals surface area contributed by atoms with Crippen LogP contribution in [-0.2, 0) is 4.79 Å². The third-order valence-electron chi connectivity index (χ3n) is 8.05. The molecule has 2 aromatic rings. The zero-order valence-corrected chi connectivity index (χ0v) is 17.6. The number of carbonyl (C=O) groups excluding carboxylic acids is 1. The van der Waals surface area contributed by atoms with Crippen molar-refractivity contribution in [2.24, 2.45) is 35.3 Å². The van der Waals surface area contributed by atoms with Crippen molar-refractivity contribution in [3.63, 3.8) is 0 Å². The number of alkyl halides is 2. The van der Waals surface area contributed by atoms with Crippen molar-refractivity contribution in [1.29, 1.82) is 0 Å². The average Bonchev–Trinajstić information content (AvgIpc) is 3.60. The third-order valence-corrected chi connectivity index (χ3v) is 8.05. The number of fused-ring (bicyclic) bond motifs is 2. The molecule has 0 spiro atoms. The Balaban J connectivity index is 1.16. The maximum Gasteiger partial charge on any atom is 0.248 e. The molecule has 0 aliphatic heterocycles. The molecule has 6 rings (SSSR count). The van der Waals surface area contributed by atoms with E-state index >= 15 is 0 Å². The van der Waals surface area contributed by atoms with E-state index in [1.165, 1.54) is 19.3 Å². The fourth-order valence-electron chi connectivity index (χ4n) is 6.00. The lowest BCUT2D eigenvalue weighted by atomic mass is 9.79. The highest BCUT2D eigenvalue weighted by atomic mass is 19.3. The molecule has 7 heteroatoms. The first-order valence-corrected chi connectivity index (χ1v) is 11.8. The van der Waals surface area contributed by atoms with Crippen LogP contribution < -0.4 is 11.1 Å². The molecular weight excluding hydrogens is 398 g/mol. The van der Waals surface area contributed by atoms with Crippen LogP contribution in [0.25, 0.3) is 11.0 Å². The Labute approximate surface area is 180 Å². The van der Waals surface area contributed by atoms with Crippen LogP contribution in [-0.4, -0.2) is 21.8 Å². The number of carbonyl (C=O) groups is 1. The summed E-state index contributed by atoms with van der Waals surface area (Å²) in [5.41, 5.74) is 9.44. The molecule has 1 aromatic carbocycles. The summed E-state index contributed by atoms with van der Waals surface area (Å²) in [6.45, 7) is 0. The first-order valence-electron chi connectivity index (χ1n) is 11.8. The topological polar surface area (TPSA) is 83.8 Å². The second kappa shape index (κ2) is 6.99. The minimum Gasteiger partial charge on any atom is -0.349 e. The number of amides is 1. The molecule has 4 N–H and O–H groups in total. The number of nitrogens with two attached hydrogens (primary N) is 1. The maximum atomic E-state index is 13.1. The number of hydrogen-bond acceptors (Lipinski definition) is 3. The molecule has 5 atom stereocenters. The van der Waals surface area contributed by atoms with E-state index in [4.69, 9.17) is 10.7 Å². The lowest BCUT2D eigenvalue weighted by Crippen LogP contribution is -2.39. The Kier molecular flexibility index (Phi) is 4.43. The molecule has 4 aliphatic carbocycles. The highest BCUT2D eigenvalue weighted by molar-refractivity contribution is 5.78. The van der Waals surface area contributed by atoms with Crippen molar-refractivity contribution < 1.29 is 13.6 Å². The second-order valence-electron chi connectivity index (χ2n) is 10.6. The number of aromatic amines is 1. The van der Waals surface area contributed by atoms with Gasteiger partial charge in [-0.25, -0.2) is 13.8 Å². The summed E-state index contributed by atoms with van der Waals surface area (Å²) in [5, 5.41) is 3.13. The van der Waals surface area contributed by atoms with Crippen LogP contribution in [0.2, 0.25) is 0 Å². The van der Waals surface area contributed by atoms with Crippen molar-refractivity contribution in [3.05, 3.63) is 29.6 Å². The molecule has 1 aromatic heterocycles. The third kappa shape index (κ3) is 3.86. The summed E-state index contributed by atoms with van der Waals surface area (Å²) in [6, 6.07) is 5.98. The van der Waals surface area contributed by atoms with Gasteiger partial charge in [-0.05, 0) is 79.4 Å². The van der Waals surface area contributed by atoms with E-state index in [1.807, 2.05) is 12.1 Å². The van der Waals surface area contributed by atoms with E-state index < -0.39 is 5.92 Å². The number of nitrogens with zero attached hydrogens (tertiary/aromatic N) is 1. The van der Waals surface area contributed by atoms with Crippen LogP contribution in [0.3, 0.4) is 0 Å². The number of rotatable bonds is 7. The number of H-pyrrole nitrogens is 1. The van der Waals surface area contributed by atoms with E-state index in [1.54, 1.807) is 0 Å². The zero-order chi connectivity index (χ0) is 21.3. The number of halogens is 2. The number of benzene rings is 1. The van der Waals surface area contributed by atoms with Gasteiger partial charge in [0.1, 0.15) is 5.82 Å². The molecule has 31 heavy (non-hydrogen) atoms. The Morgan fingerprint density at radius 2 is 1.94 bits per heavy atom. The molecule has 1 heterocycles. The fraction of sp³-hybridized carbons (Fsp3) is 0.667. The highest BCUT2D eigenvalue weighted by Gasteiger charge is 2.48. The molecule has 0 bridgehead atoms. The van der Waals surface area contributed by atoms with Crippen molar-refractivity contribution >= 4 is 16.9 Å². The lowest BCUT2D eigenvalue weighted by Gasteiger charge is -2.34. The Bertz CT molecular complexity index is 998. The summed E-state index contributed by atoms with van der Waals surface area (Å²) in [7, 11) is 0. The normalized spacial score (nSPS) is 31.1. The SMILES string of the molecule is N[C@H](c1nc2ccc([C@H](NC(=O)CC3CC(F)(F)C3)C3CC3)cc2[nH]1)C1C[C@@H]2C[C@@H]2C1. The Morgan fingerprint density at radius 3 is 2.61 bits per heavy atom. The molecule has 0 saturated heterocycles. The van der Waals surface area contributed by atoms with Crippen LogP contribution in [0.4, 0.5) is 8.78 Å². The quantitative estimate of drug-likeness (QED) is 0.602. The van der Waals surface area contributed by atoms with Gasteiger partial charge in [0, 0.05) is 19.3 Å². The summed E-state index contributed by atoms with van der Waals surface area (Å²) < 4.78 is 26.2. The molecule has 4 fully saturated rings. The molecule has 1 unspecified atom stereocenters. The summed E-state index contributed by atoms with van der Waals surface area (Å²) in [5.74, 6) is 0.670. The Hall–Kier alpha value is -2.02. The standard InChI is InChI=1S/C24H30F2N4O/c25-24(26)10-12(11-24)5-20(31)30-22(13-1-2-13)14-3-4-18-19(9-14)29-23(28-18)21(27)17-7-15-6-16(15)8-17/h3-4,9,12-13,15-17,21-22H,1-2,5-8,10-11,27H2,(H,28,29)(H,30,31)/t15-,16+,17?,21-,22+/m0/s1. The largest absolute Gasteiger partial charge is 0.349 e. The van der Waals surface area contributed by atoms with Crippen LogP contribution in [0.5, 0.6) is 0 Å². The Morgan fingerprint density at radius 1 is 1.19 bits per heavy atom. The summed E-state index contributed by atoms with van der Waals surface area (Å²) >= 11 is 0. The van der Waals surface area contributed by atoms with Crippen molar-refractivity contribution in [1.82, 2.24) is 15.3 Å². The zero-order valence-electron chi connectivity index (χ0n) is 17.6. The smallest absolute Gasteiger partial charge is 0.248 e. The summed E-state index contributed by atoms with van der Waals surface area (Å²) in [4.78, 5) is 20.7. The van der Waals surface area contributed by atoms with Crippen LogP contribution in [0.1, 0.15) is 74.8 Å². The number of aromatic nitrogens is 2. The van der Waals surface area contributed by atoms with Gasteiger partial charge in [0.25, 0.3) is 0 Å². The van der Waals surface area contributed by atoms with E-state index in [0.717, 1.165) is 47.1 Å². The van der Waals surface area contributed by atoms with Crippen molar-refractivity contribution in [2.75, 3.05) is 0 Å². The molecule has 5 nitrogen and oxygen atoms in total.